The molecule has 13 heavy (non-hydrogen) atoms. The van der Waals surface area contributed by atoms with E-state index in [2.05, 4.69) is 24.4 Å². The van der Waals surface area contributed by atoms with Gasteiger partial charge in [-0.15, -0.1) is 11.3 Å². The zero-order chi connectivity index (χ0) is 9.26. The van der Waals surface area contributed by atoms with E-state index in [0.29, 0.717) is 0 Å². The average molecular weight is 212 g/mol. The van der Waals surface area contributed by atoms with Gasteiger partial charge in [0.1, 0.15) is 0 Å². The van der Waals surface area contributed by atoms with Gasteiger partial charge in [-0.1, -0.05) is 17.7 Å². The Hall–Kier alpha value is -0.730. The van der Waals surface area contributed by atoms with E-state index in [1.807, 2.05) is 12.1 Å². The molecule has 0 unspecified atom stereocenters. The summed E-state index contributed by atoms with van der Waals surface area (Å²) in [5, 5.41) is 6.56. The smallest absolute Gasteiger partial charge is 0.0894 e. The van der Waals surface area contributed by atoms with Crippen molar-refractivity contribution in [3.05, 3.63) is 29.3 Å². The average Bonchev–Trinajstić information content (AvgIpc) is 2.46. The second-order valence-electron chi connectivity index (χ2n) is 2.82. The van der Waals surface area contributed by atoms with E-state index < -0.39 is 0 Å². The molecule has 0 aliphatic rings. The molecule has 1 aromatic carbocycles. The standard InChI is InChI=1S/C10H10ClNS/c1-2-12-10-5-7-3-4-8(11)6-9(7)13-10/h3-6,12H,2H2,1H3. The van der Waals surface area contributed by atoms with Crippen LogP contribution in [-0.4, -0.2) is 6.54 Å². The van der Waals surface area contributed by atoms with Crippen LogP contribution in [-0.2, 0) is 0 Å². The largest absolute Gasteiger partial charge is 0.377 e. The molecule has 1 aromatic heterocycles. The molecule has 0 amide bonds. The van der Waals surface area contributed by atoms with Crippen molar-refractivity contribution in [3.8, 4) is 0 Å². The van der Waals surface area contributed by atoms with Crippen molar-refractivity contribution in [1.82, 2.24) is 0 Å². The molecule has 0 aliphatic carbocycles. The molecule has 2 rings (SSSR count). The Kier molecular flexibility index (Phi) is 2.42. The predicted molar refractivity (Wildman–Crippen MR) is 61.0 cm³/mol. The lowest BCUT2D eigenvalue weighted by Crippen LogP contribution is -1.91. The fraction of sp³-hybridized carbons (Fsp3) is 0.200. The van der Waals surface area contributed by atoms with Crippen LogP contribution >= 0.6 is 22.9 Å². The molecule has 1 nitrogen and oxygen atoms in total. The minimum absolute atomic E-state index is 0.803. The van der Waals surface area contributed by atoms with E-state index in [1.54, 1.807) is 11.3 Å². The Bertz CT molecular complexity index is 422. The second kappa shape index (κ2) is 3.56. The SMILES string of the molecule is CCNc1cc2ccc(Cl)cc2s1. The maximum absolute atomic E-state index is 5.89. The van der Waals surface area contributed by atoms with E-state index in [0.717, 1.165) is 11.6 Å². The van der Waals surface area contributed by atoms with Crippen LogP contribution in [0.5, 0.6) is 0 Å². The summed E-state index contributed by atoms with van der Waals surface area (Å²) in [6, 6.07) is 8.13. The number of hydrogen-bond donors (Lipinski definition) is 1. The molecule has 0 fully saturated rings. The fourth-order valence-corrected chi connectivity index (χ4v) is 2.57. The zero-order valence-electron chi connectivity index (χ0n) is 7.30. The minimum Gasteiger partial charge on any atom is -0.377 e. The maximum atomic E-state index is 5.89. The van der Waals surface area contributed by atoms with Gasteiger partial charge in [-0.05, 0) is 30.5 Å². The molecule has 0 spiro atoms. The van der Waals surface area contributed by atoms with Crippen LogP contribution in [0.15, 0.2) is 24.3 Å². The van der Waals surface area contributed by atoms with Crippen LogP contribution in [0, 0.1) is 0 Å². The third-order valence-corrected chi connectivity index (χ3v) is 3.12. The van der Waals surface area contributed by atoms with Gasteiger partial charge in [0.15, 0.2) is 0 Å². The lowest BCUT2D eigenvalue weighted by molar-refractivity contribution is 1.23. The van der Waals surface area contributed by atoms with Gasteiger partial charge >= 0.3 is 0 Å². The van der Waals surface area contributed by atoms with Crippen molar-refractivity contribution in [2.75, 3.05) is 11.9 Å². The van der Waals surface area contributed by atoms with Crippen LogP contribution in [0.3, 0.4) is 0 Å². The van der Waals surface area contributed by atoms with E-state index in [4.69, 9.17) is 11.6 Å². The number of halogens is 1. The monoisotopic (exact) mass is 211 g/mol. The minimum atomic E-state index is 0.803. The van der Waals surface area contributed by atoms with Gasteiger partial charge in [0, 0.05) is 16.3 Å². The molecule has 0 aliphatic heterocycles. The highest BCUT2D eigenvalue weighted by Gasteiger charge is 2.00. The second-order valence-corrected chi connectivity index (χ2v) is 4.34. The molecule has 0 saturated heterocycles. The van der Waals surface area contributed by atoms with Gasteiger partial charge in [0.05, 0.1) is 5.00 Å². The first-order chi connectivity index (χ1) is 6.29. The van der Waals surface area contributed by atoms with Crippen molar-refractivity contribution < 1.29 is 0 Å². The van der Waals surface area contributed by atoms with E-state index in [9.17, 15) is 0 Å². The normalized spacial score (nSPS) is 10.6. The van der Waals surface area contributed by atoms with Gasteiger partial charge in [-0.2, -0.15) is 0 Å². The molecule has 3 heteroatoms. The molecule has 0 radical (unpaired) electrons. The number of nitrogens with one attached hydrogen (secondary N) is 1. The number of rotatable bonds is 2. The Balaban J connectivity index is 2.49. The molecule has 0 atom stereocenters. The summed E-state index contributed by atoms with van der Waals surface area (Å²) < 4.78 is 1.24. The van der Waals surface area contributed by atoms with Gasteiger partial charge in [0.2, 0.25) is 0 Å². The summed E-state index contributed by atoms with van der Waals surface area (Å²) in [4.78, 5) is 0. The van der Waals surface area contributed by atoms with E-state index in [1.165, 1.54) is 15.1 Å². The first kappa shape index (κ1) is 8.85. The molecular formula is C10H10ClNS. The van der Waals surface area contributed by atoms with Crippen LogP contribution in [0.1, 0.15) is 6.92 Å². The highest BCUT2D eigenvalue weighted by atomic mass is 35.5. The van der Waals surface area contributed by atoms with E-state index >= 15 is 0 Å². The van der Waals surface area contributed by atoms with Crippen LogP contribution in [0.4, 0.5) is 5.00 Å². The number of hydrogen-bond acceptors (Lipinski definition) is 2. The van der Waals surface area contributed by atoms with Gasteiger partial charge < -0.3 is 5.32 Å². The van der Waals surface area contributed by atoms with Gasteiger partial charge in [-0.25, -0.2) is 0 Å². The molecule has 0 bridgehead atoms. The van der Waals surface area contributed by atoms with Gasteiger partial charge in [0.25, 0.3) is 0 Å². The topological polar surface area (TPSA) is 12.0 Å². The first-order valence-corrected chi connectivity index (χ1v) is 5.42. The zero-order valence-corrected chi connectivity index (χ0v) is 8.88. The van der Waals surface area contributed by atoms with Crippen LogP contribution in [0.2, 0.25) is 5.02 Å². The molecule has 1 N–H and O–H groups in total. The third kappa shape index (κ3) is 1.79. The lowest BCUT2D eigenvalue weighted by Gasteiger charge is -1.93. The Morgan fingerprint density at radius 3 is 3.00 bits per heavy atom. The number of benzene rings is 1. The summed E-state index contributed by atoms with van der Waals surface area (Å²) in [5.74, 6) is 0. The van der Waals surface area contributed by atoms with Crippen molar-refractivity contribution in [1.29, 1.82) is 0 Å². The summed E-state index contributed by atoms with van der Waals surface area (Å²) in [6.45, 7) is 3.05. The molecular weight excluding hydrogens is 202 g/mol. The van der Waals surface area contributed by atoms with Gasteiger partial charge in [-0.3, -0.25) is 0 Å². The van der Waals surface area contributed by atoms with Crippen LogP contribution in [0.25, 0.3) is 10.1 Å². The number of fused-ring (bicyclic) bond motifs is 1. The van der Waals surface area contributed by atoms with Crippen molar-refractivity contribution in [2.24, 2.45) is 0 Å². The van der Waals surface area contributed by atoms with Crippen molar-refractivity contribution in [2.45, 2.75) is 6.92 Å². The van der Waals surface area contributed by atoms with Crippen molar-refractivity contribution in [3.63, 3.8) is 0 Å². The van der Waals surface area contributed by atoms with Crippen LogP contribution < -0.4 is 5.32 Å². The molecule has 0 saturated carbocycles. The first-order valence-electron chi connectivity index (χ1n) is 4.22. The molecule has 1 heterocycles. The summed E-state index contributed by atoms with van der Waals surface area (Å²) in [5.41, 5.74) is 0. The lowest BCUT2D eigenvalue weighted by atomic mass is 10.3. The highest BCUT2D eigenvalue weighted by molar-refractivity contribution is 7.22. The third-order valence-electron chi connectivity index (χ3n) is 1.83. The fourth-order valence-electron chi connectivity index (χ4n) is 1.27. The summed E-state index contributed by atoms with van der Waals surface area (Å²) in [6.07, 6.45) is 0. The number of anilines is 1. The highest BCUT2D eigenvalue weighted by Crippen LogP contribution is 2.31. The summed E-state index contributed by atoms with van der Waals surface area (Å²) >= 11 is 7.63. The number of thiophene rings is 1. The maximum Gasteiger partial charge on any atom is 0.0894 e. The predicted octanol–water partition coefficient (Wildman–Crippen LogP) is 3.99. The summed E-state index contributed by atoms with van der Waals surface area (Å²) in [7, 11) is 0. The Morgan fingerprint density at radius 1 is 1.38 bits per heavy atom. The molecule has 68 valence electrons. The Labute approximate surface area is 86.3 Å². The Morgan fingerprint density at radius 2 is 2.23 bits per heavy atom. The quantitative estimate of drug-likeness (QED) is 0.792. The van der Waals surface area contributed by atoms with E-state index in [-0.39, 0.29) is 0 Å². The molecule has 2 aromatic rings. The van der Waals surface area contributed by atoms with Crippen molar-refractivity contribution >= 4 is 38.0 Å².